The van der Waals surface area contributed by atoms with E-state index in [-0.39, 0.29) is 17.2 Å². The van der Waals surface area contributed by atoms with Crippen LogP contribution in [0.5, 0.6) is 17.2 Å². The van der Waals surface area contributed by atoms with E-state index in [0.29, 0.717) is 5.56 Å². The van der Waals surface area contributed by atoms with Crippen LogP contribution in [0.1, 0.15) is 23.6 Å². The van der Waals surface area contributed by atoms with Gasteiger partial charge in [0.2, 0.25) is 5.75 Å². The van der Waals surface area contributed by atoms with Gasteiger partial charge in [-0.2, -0.15) is 0 Å². The monoisotopic (exact) mass is 399 g/mol. The van der Waals surface area contributed by atoms with Crippen molar-refractivity contribution in [2.24, 2.45) is 0 Å². The lowest BCUT2D eigenvalue weighted by Gasteiger charge is -2.12. The van der Waals surface area contributed by atoms with Gasteiger partial charge in [-0.15, -0.1) is 0 Å². The van der Waals surface area contributed by atoms with E-state index in [9.17, 15) is 14.7 Å². The number of amides is 1. The van der Waals surface area contributed by atoms with Gasteiger partial charge in [-0.05, 0) is 48.2 Å². The number of aromatic hydroxyl groups is 1. The van der Waals surface area contributed by atoms with Crippen molar-refractivity contribution in [3.63, 3.8) is 0 Å². The van der Waals surface area contributed by atoms with Crippen molar-refractivity contribution in [2.75, 3.05) is 26.1 Å². The van der Waals surface area contributed by atoms with Crippen molar-refractivity contribution in [3.8, 4) is 17.2 Å². The van der Waals surface area contributed by atoms with Gasteiger partial charge in [-0.1, -0.05) is 25.1 Å². The van der Waals surface area contributed by atoms with E-state index in [2.05, 4.69) is 5.32 Å². The first-order valence-electron chi connectivity index (χ1n) is 9.07. The lowest BCUT2D eigenvalue weighted by molar-refractivity contribution is -0.142. The summed E-state index contributed by atoms with van der Waals surface area (Å²) in [6.45, 7) is 3.51. The normalized spacial score (nSPS) is 10.6. The van der Waals surface area contributed by atoms with Gasteiger partial charge < -0.3 is 24.6 Å². The number of nitrogens with one attached hydrogen (secondary N) is 1. The summed E-state index contributed by atoms with van der Waals surface area (Å²) in [7, 11) is 2.82. The van der Waals surface area contributed by atoms with Crippen LogP contribution in [0.4, 0.5) is 5.69 Å². The Balaban J connectivity index is 1.97. The first-order chi connectivity index (χ1) is 13.9. The highest BCUT2D eigenvalue weighted by Crippen LogP contribution is 2.37. The fraction of sp³-hybridized carbons (Fsp3) is 0.273. The summed E-state index contributed by atoms with van der Waals surface area (Å²) in [6.07, 6.45) is 3.43. The number of carbonyl (C=O) groups is 2. The third-order valence-electron chi connectivity index (χ3n) is 4.26. The van der Waals surface area contributed by atoms with Crippen molar-refractivity contribution in [1.82, 2.24) is 0 Å². The first kappa shape index (κ1) is 21.8. The molecule has 0 saturated carbocycles. The second kappa shape index (κ2) is 10.2. The maximum atomic E-state index is 12.1. The van der Waals surface area contributed by atoms with E-state index in [4.69, 9.17) is 14.2 Å². The van der Waals surface area contributed by atoms with Crippen LogP contribution < -0.4 is 14.8 Å². The van der Waals surface area contributed by atoms with Crippen LogP contribution >= 0.6 is 0 Å². The minimum Gasteiger partial charge on any atom is -0.502 e. The molecule has 0 unspecified atom stereocenters. The number of aryl methyl sites for hydroxylation is 2. The van der Waals surface area contributed by atoms with Crippen LogP contribution in [0.3, 0.4) is 0 Å². The number of anilines is 1. The largest absolute Gasteiger partial charge is 0.502 e. The van der Waals surface area contributed by atoms with Crippen LogP contribution in [-0.2, 0) is 20.7 Å². The molecule has 0 radical (unpaired) electrons. The Bertz CT molecular complexity index is 895. The number of methoxy groups -OCH3 is 2. The van der Waals surface area contributed by atoms with Crippen LogP contribution in [0.15, 0.2) is 36.4 Å². The third kappa shape index (κ3) is 5.75. The average Bonchev–Trinajstić information content (AvgIpc) is 2.72. The molecule has 0 spiro atoms. The predicted molar refractivity (Wildman–Crippen MR) is 110 cm³/mol. The van der Waals surface area contributed by atoms with Crippen LogP contribution in [-0.4, -0.2) is 37.8 Å². The SMILES string of the molecule is CCc1cccc(C)c1NC(=O)COC(=O)/C=C/c1cc(OC)c(O)c(OC)c1. The van der Waals surface area contributed by atoms with Gasteiger partial charge in [0, 0.05) is 11.8 Å². The van der Waals surface area contributed by atoms with Gasteiger partial charge in [-0.3, -0.25) is 4.79 Å². The molecule has 0 saturated heterocycles. The molecule has 0 bridgehead atoms. The third-order valence-corrected chi connectivity index (χ3v) is 4.26. The molecule has 0 fully saturated rings. The van der Waals surface area contributed by atoms with E-state index in [0.717, 1.165) is 23.2 Å². The topological polar surface area (TPSA) is 94.1 Å². The van der Waals surface area contributed by atoms with Crippen molar-refractivity contribution >= 4 is 23.6 Å². The lowest BCUT2D eigenvalue weighted by atomic mass is 10.1. The number of phenols is 1. The fourth-order valence-electron chi connectivity index (χ4n) is 2.74. The summed E-state index contributed by atoms with van der Waals surface area (Å²) in [5, 5.41) is 12.7. The minimum atomic E-state index is -0.674. The summed E-state index contributed by atoms with van der Waals surface area (Å²) in [5.41, 5.74) is 3.26. The second-order valence-corrected chi connectivity index (χ2v) is 6.23. The zero-order valence-corrected chi connectivity index (χ0v) is 16.9. The molecule has 2 aromatic carbocycles. The molecule has 7 heteroatoms. The van der Waals surface area contributed by atoms with Gasteiger partial charge >= 0.3 is 5.97 Å². The molecule has 0 heterocycles. The van der Waals surface area contributed by atoms with Gasteiger partial charge in [0.05, 0.1) is 14.2 Å². The Morgan fingerprint density at radius 1 is 1.14 bits per heavy atom. The van der Waals surface area contributed by atoms with Crippen molar-refractivity contribution in [3.05, 3.63) is 53.1 Å². The summed E-state index contributed by atoms with van der Waals surface area (Å²) in [6, 6.07) is 8.86. The standard InChI is InChI=1S/C22H25NO6/c1-5-16-8-6-7-14(2)21(16)23-19(24)13-29-20(25)10-9-15-11-17(27-3)22(26)18(12-15)28-4/h6-12,26H,5,13H2,1-4H3,(H,23,24)/b10-9+. The molecule has 29 heavy (non-hydrogen) atoms. The highest BCUT2D eigenvalue weighted by molar-refractivity contribution is 5.95. The Morgan fingerprint density at radius 2 is 1.79 bits per heavy atom. The van der Waals surface area contributed by atoms with E-state index in [1.54, 1.807) is 12.1 Å². The Morgan fingerprint density at radius 3 is 2.38 bits per heavy atom. The van der Waals surface area contributed by atoms with Gasteiger partial charge in [0.1, 0.15) is 0 Å². The molecular weight excluding hydrogens is 374 g/mol. The molecule has 1 amide bonds. The molecule has 0 aromatic heterocycles. The average molecular weight is 399 g/mol. The van der Waals surface area contributed by atoms with Gasteiger partial charge in [0.25, 0.3) is 5.91 Å². The lowest BCUT2D eigenvalue weighted by Crippen LogP contribution is -2.21. The Labute approximate surface area is 169 Å². The summed E-state index contributed by atoms with van der Waals surface area (Å²) < 4.78 is 15.1. The zero-order chi connectivity index (χ0) is 21.4. The smallest absolute Gasteiger partial charge is 0.331 e. The maximum absolute atomic E-state index is 12.1. The van der Waals surface area contributed by atoms with E-state index >= 15 is 0 Å². The van der Waals surface area contributed by atoms with Gasteiger partial charge in [-0.25, -0.2) is 4.79 Å². The molecule has 0 aliphatic carbocycles. The predicted octanol–water partition coefficient (Wildman–Crippen LogP) is 3.48. The molecule has 2 aromatic rings. The highest BCUT2D eigenvalue weighted by atomic mass is 16.5. The van der Waals surface area contributed by atoms with Crippen molar-refractivity contribution < 1.29 is 28.9 Å². The molecule has 154 valence electrons. The zero-order valence-electron chi connectivity index (χ0n) is 16.9. The highest BCUT2D eigenvalue weighted by Gasteiger charge is 2.12. The Kier molecular flexibility index (Phi) is 7.65. The number of carbonyl (C=O) groups excluding carboxylic acids is 2. The molecule has 0 aliphatic heterocycles. The second-order valence-electron chi connectivity index (χ2n) is 6.23. The number of benzene rings is 2. The molecule has 7 nitrogen and oxygen atoms in total. The van der Waals surface area contributed by atoms with Crippen molar-refractivity contribution in [2.45, 2.75) is 20.3 Å². The molecule has 2 rings (SSSR count). The van der Waals surface area contributed by atoms with Crippen molar-refractivity contribution in [1.29, 1.82) is 0 Å². The molecule has 2 N–H and O–H groups in total. The summed E-state index contributed by atoms with van der Waals surface area (Å²) in [5.74, 6) is -0.798. The minimum absolute atomic E-state index is 0.131. The quantitative estimate of drug-likeness (QED) is 0.521. The van der Waals surface area contributed by atoms with Crippen LogP contribution in [0, 0.1) is 6.92 Å². The van der Waals surface area contributed by atoms with E-state index < -0.39 is 18.5 Å². The summed E-state index contributed by atoms with van der Waals surface area (Å²) in [4.78, 5) is 24.1. The number of ether oxygens (including phenoxy) is 3. The Hall–Kier alpha value is -3.48. The first-order valence-corrected chi connectivity index (χ1v) is 9.07. The van der Waals surface area contributed by atoms with E-state index in [1.807, 2.05) is 32.0 Å². The van der Waals surface area contributed by atoms with Crippen LogP contribution in [0.25, 0.3) is 6.08 Å². The van der Waals surface area contributed by atoms with Gasteiger partial charge in [0.15, 0.2) is 18.1 Å². The summed E-state index contributed by atoms with van der Waals surface area (Å²) >= 11 is 0. The fourth-order valence-corrected chi connectivity index (χ4v) is 2.74. The van der Waals surface area contributed by atoms with Crippen LogP contribution in [0.2, 0.25) is 0 Å². The number of para-hydroxylation sites is 1. The number of hydrogen-bond donors (Lipinski definition) is 2. The number of phenolic OH excluding ortho intramolecular Hbond substituents is 1. The molecule has 0 aliphatic rings. The number of esters is 1. The number of rotatable bonds is 8. The maximum Gasteiger partial charge on any atom is 0.331 e. The molecule has 0 atom stereocenters. The molecular formula is C22H25NO6. The van der Waals surface area contributed by atoms with E-state index in [1.165, 1.54) is 26.4 Å². The number of hydrogen-bond acceptors (Lipinski definition) is 6.